The number of benzene rings is 2. The minimum absolute atomic E-state index is 0.261. The monoisotopic (exact) mass is 465 g/mol. The number of hydrogen-bond donors (Lipinski definition) is 0. The zero-order valence-corrected chi connectivity index (χ0v) is 19.8. The summed E-state index contributed by atoms with van der Waals surface area (Å²) >= 11 is 13.8. The Bertz CT molecular complexity index is 994. The van der Waals surface area contributed by atoms with E-state index in [4.69, 9.17) is 32.7 Å². The molecule has 0 spiro atoms. The number of aromatic nitrogens is 3. The molecule has 0 aliphatic carbocycles. The topological polar surface area (TPSA) is 49.2 Å². The van der Waals surface area contributed by atoms with Crippen molar-refractivity contribution < 1.29 is 9.47 Å². The second-order valence-corrected chi connectivity index (χ2v) is 9.08. The summed E-state index contributed by atoms with van der Waals surface area (Å²) in [5.74, 6) is 3.43. The summed E-state index contributed by atoms with van der Waals surface area (Å²) in [6, 6.07) is 13.2. The number of ether oxygens (including phenoxy) is 2. The smallest absolute Gasteiger partial charge is 0.191 e. The van der Waals surface area contributed by atoms with E-state index < -0.39 is 0 Å². The third kappa shape index (κ3) is 5.84. The molecule has 1 heterocycles. The molecule has 0 saturated heterocycles. The Labute approximate surface area is 191 Å². The first-order chi connectivity index (χ1) is 14.4. The van der Waals surface area contributed by atoms with Crippen LogP contribution in [0.3, 0.4) is 0 Å². The SMILES string of the molecule is COc1cccc(OC(C)c2nnc(SCc3ccc(Cl)c(Cl)c3)n2CC(C)C)c1. The van der Waals surface area contributed by atoms with E-state index in [0.717, 1.165) is 40.3 Å². The van der Waals surface area contributed by atoms with Crippen LogP contribution in [0.1, 0.15) is 38.3 Å². The molecular formula is C22H25Cl2N3O2S. The molecule has 0 fully saturated rings. The highest BCUT2D eigenvalue weighted by Gasteiger charge is 2.20. The van der Waals surface area contributed by atoms with Crippen LogP contribution in [0.25, 0.3) is 0 Å². The van der Waals surface area contributed by atoms with Gasteiger partial charge >= 0.3 is 0 Å². The van der Waals surface area contributed by atoms with E-state index in [2.05, 4.69) is 28.6 Å². The van der Waals surface area contributed by atoms with E-state index in [1.54, 1.807) is 18.9 Å². The van der Waals surface area contributed by atoms with E-state index in [0.29, 0.717) is 16.0 Å². The number of hydrogen-bond acceptors (Lipinski definition) is 5. The average molecular weight is 466 g/mol. The van der Waals surface area contributed by atoms with Crippen LogP contribution in [0.5, 0.6) is 11.5 Å². The molecule has 0 aliphatic heterocycles. The van der Waals surface area contributed by atoms with Crippen molar-refractivity contribution in [1.82, 2.24) is 14.8 Å². The van der Waals surface area contributed by atoms with Gasteiger partial charge in [-0.25, -0.2) is 0 Å². The normalized spacial score (nSPS) is 12.2. The summed E-state index contributed by atoms with van der Waals surface area (Å²) in [7, 11) is 1.64. The van der Waals surface area contributed by atoms with Gasteiger partial charge in [-0.05, 0) is 42.7 Å². The molecule has 0 radical (unpaired) electrons. The molecule has 1 atom stereocenters. The van der Waals surface area contributed by atoms with Crippen LogP contribution in [0.2, 0.25) is 10.0 Å². The third-order valence-corrected chi connectivity index (χ3v) is 6.14. The molecule has 0 aliphatic rings. The predicted molar refractivity (Wildman–Crippen MR) is 123 cm³/mol. The number of methoxy groups -OCH3 is 1. The summed E-state index contributed by atoms with van der Waals surface area (Å²) < 4.78 is 13.5. The van der Waals surface area contributed by atoms with Gasteiger partial charge in [-0.15, -0.1) is 10.2 Å². The van der Waals surface area contributed by atoms with Crippen LogP contribution in [-0.4, -0.2) is 21.9 Å². The maximum atomic E-state index is 6.14. The Morgan fingerprint density at radius 2 is 1.77 bits per heavy atom. The lowest BCUT2D eigenvalue weighted by Crippen LogP contribution is -2.15. The number of nitrogens with zero attached hydrogens (tertiary/aromatic N) is 3. The first-order valence-electron chi connectivity index (χ1n) is 9.68. The maximum absolute atomic E-state index is 6.14. The van der Waals surface area contributed by atoms with Gasteiger partial charge in [0, 0.05) is 18.4 Å². The highest BCUT2D eigenvalue weighted by atomic mass is 35.5. The van der Waals surface area contributed by atoms with Crippen molar-refractivity contribution in [2.75, 3.05) is 7.11 Å². The Hall–Kier alpha value is -1.89. The first kappa shape index (κ1) is 22.8. The Morgan fingerprint density at radius 1 is 1.00 bits per heavy atom. The number of rotatable bonds is 9. The van der Waals surface area contributed by atoms with Gasteiger partial charge in [-0.3, -0.25) is 0 Å². The van der Waals surface area contributed by atoms with Crippen molar-refractivity contribution >= 4 is 35.0 Å². The van der Waals surface area contributed by atoms with Gasteiger partial charge in [0.05, 0.1) is 17.2 Å². The fraction of sp³-hybridized carbons (Fsp3) is 0.364. The molecule has 3 aromatic rings. The fourth-order valence-corrected chi connectivity index (χ4v) is 4.17. The van der Waals surface area contributed by atoms with E-state index in [-0.39, 0.29) is 6.10 Å². The van der Waals surface area contributed by atoms with E-state index in [1.807, 2.05) is 49.4 Å². The zero-order chi connectivity index (χ0) is 21.7. The summed E-state index contributed by atoms with van der Waals surface area (Å²) in [4.78, 5) is 0. The summed E-state index contributed by atoms with van der Waals surface area (Å²) in [6.45, 7) is 7.13. The Kier molecular flexibility index (Phi) is 7.92. The van der Waals surface area contributed by atoms with E-state index >= 15 is 0 Å². The van der Waals surface area contributed by atoms with Crippen molar-refractivity contribution in [2.45, 2.75) is 44.3 Å². The summed E-state index contributed by atoms with van der Waals surface area (Å²) in [5.41, 5.74) is 1.08. The minimum Gasteiger partial charge on any atom is -0.497 e. The highest BCUT2D eigenvalue weighted by molar-refractivity contribution is 7.98. The Morgan fingerprint density at radius 3 is 2.47 bits per heavy atom. The highest BCUT2D eigenvalue weighted by Crippen LogP contribution is 2.30. The molecule has 30 heavy (non-hydrogen) atoms. The van der Waals surface area contributed by atoms with Gasteiger partial charge in [0.2, 0.25) is 0 Å². The molecule has 1 aromatic heterocycles. The van der Waals surface area contributed by atoms with Gasteiger partial charge in [-0.2, -0.15) is 0 Å². The molecule has 8 heteroatoms. The van der Waals surface area contributed by atoms with Crippen LogP contribution >= 0.6 is 35.0 Å². The number of halogens is 2. The van der Waals surface area contributed by atoms with Gasteiger partial charge in [0.15, 0.2) is 17.1 Å². The third-order valence-electron chi connectivity index (χ3n) is 4.36. The minimum atomic E-state index is -0.261. The van der Waals surface area contributed by atoms with Crippen LogP contribution in [0, 0.1) is 5.92 Å². The molecule has 0 N–H and O–H groups in total. The van der Waals surface area contributed by atoms with Crippen molar-refractivity contribution in [3.63, 3.8) is 0 Å². The van der Waals surface area contributed by atoms with Gasteiger partial charge in [-0.1, -0.05) is 60.9 Å². The molecule has 0 amide bonds. The first-order valence-corrected chi connectivity index (χ1v) is 11.4. The second kappa shape index (κ2) is 10.4. The summed E-state index contributed by atoms with van der Waals surface area (Å²) in [5, 5.41) is 10.8. The molecular weight excluding hydrogens is 441 g/mol. The lowest BCUT2D eigenvalue weighted by molar-refractivity contribution is 0.207. The molecule has 0 saturated carbocycles. The molecule has 3 rings (SSSR count). The largest absolute Gasteiger partial charge is 0.497 e. The molecule has 1 unspecified atom stereocenters. The van der Waals surface area contributed by atoms with Crippen molar-refractivity contribution in [1.29, 1.82) is 0 Å². The Balaban J connectivity index is 1.78. The van der Waals surface area contributed by atoms with Crippen molar-refractivity contribution in [3.8, 4) is 11.5 Å². The van der Waals surface area contributed by atoms with Gasteiger partial charge in [0.25, 0.3) is 0 Å². The summed E-state index contributed by atoms with van der Waals surface area (Å²) in [6.07, 6.45) is -0.261. The fourth-order valence-electron chi connectivity index (χ4n) is 2.95. The predicted octanol–water partition coefficient (Wildman–Crippen LogP) is 6.68. The number of thioether (sulfide) groups is 1. The van der Waals surface area contributed by atoms with Crippen LogP contribution in [-0.2, 0) is 12.3 Å². The van der Waals surface area contributed by atoms with E-state index in [1.165, 1.54) is 0 Å². The molecule has 0 bridgehead atoms. The average Bonchev–Trinajstić information content (AvgIpc) is 3.11. The molecule has 160 valence electrons. The quantitative estimate of drug-likeness (QED) is 0.329. The second-order valence-electron chi connectivity index (χ2n) is 7.32. The molecule has 5 nitrogen and oxygen atoms in total. The van der Waals surface area contributed by atoms with Gasteiger partial charge < -0.3 is 14.0 Å². The van der Waals surface area contributed by atoms with Crippen molar-refractivity contribution in [2.24, 2.45) is 5.92 Å². The lowest BCUT2D eigenvalue weighted by Gasteiger charge is -2.18. The van der Waals surface area contributed by atoms with Gasteiger partial charge in [0.1, 0.15) is 11.5 Å². The molecule has 2 aromatic carbocycles. The van der Waals surface area contributed by atoms with E-state index in [9.17, 15) is 0 Å². The van der Waals surface area contributed by atoms with Crippen LogP contribution in [0.4, 0.5) is 0 Å². The van der Waals surface area contributed by atoms with Crippen molar-refractivity contribution in [3.05, 3.63) is 63.9 Å². The zero-order valence-electron chi connectivity index (χ0n) is 17.4. The lowest BCUT2D eigenvalue weighted by atomic mass is 10.2. The van der Waals surface area contributed by atoms with Crippen LogP contribution < -0.4 is 9.47 Å². The standard InChI is InChI=1S/C22H25Cl2N3O2S/c1-14(2)12-27-21(15(3)29-18-7-5-6-17(11-18)28-4)25-26-22(27)30-13-16-8-9-19(23)20(24)10-16/h5-11,14-15H,12-13H2,1-4H3. The van der Waals surface area contributed by atoms with Crippen LogP contribution in [0.15, 0.2) is 47.6 Å². The maximum Gasteiger partial charge on any atom is 0.191 e.